The normalized spacial score (nSPS) is 15.0. The van der Waals surface area contributed by atoms with E-state index in [2.05, 4.69) is 123 Å². The van der Waals surface area contributed by atoms with Gasteiger partial charge in [0.2, 0.25) is 0 Å². The standard InChI is InChI=1S/C36H46N6/c1-7-40(8-2)26(5)37-30-16-18-32-33-19-17-31(38-27(6)41(9-3)10-4)25-35(33)39-36(34(32)24-30)42-22-20-29(21-23-42)28-14-12-11-13-15-28/h11-19,24-25,29H,7-10,20-23H2,1-6H3/b37-26+,38-27+. The van der Waals surface area contributed by atoms with Gasteiger partial charge in [0.15, 0.2) is 0 Å². The van der Waals surface area contributed by atoms with E-state index in [0.29, 0.717) is 5.92 Å². The van der Waals surface area contributed by atoms with Gasteiger partial charge in [-0.2, -0.15) is 0 Å². The molecular weight excluding hydrogens is 516 g/mol. The highest BCUT2D eigenvalue weighted by molar-refractivity contribution is 6.11. The maximum Gasteiger partial charge on any atom is 0.137 e. The molecule has 1 saturated heterocycles. The van der Waals surface area contributed by atoms with Crippen LogP contribution in [0.4, 0.5) is 17.2 Å². The Hall–Kier alpha value is -3.93. The molecule has 1 fully saturated rings. The molecule has 0 radical (unpaired) electrons. The van der Waals surface area contributed by atoms with Gasteiger partial charge in [-0.15, -0.1) is 0 Å². The second kappa shape index (κ2) is 13.4. The minimum Gasteiger partial charge on any atom is -0.361 e. The molecule has 42 heavy (non-hydrogen) atoms. The average molecular weight is 563 g/mol. The highest BCUT2D eigenvalue weighted by Crippen LogP contribution is 2.38. The zero-order chi connectivity index (χ0) is 29.6. The van der Waals surface area contributed by atoms with Gasteiger partial charge < -0.3 is 14.7 Å². The Morgan fingerprint density at radius 3 is 1.83 bits per heavy atom. The summed E-state index contributed by atoms with van der Waals surface area (Å²) in [6.45, 7) is 18.7. The van der Waals surface area contributed by atoms with E-state index < -0.39 is 0 Å². The molecule has 0 unspecified atom stereocenters. The van der Waals surface area contributed by atoms with Crippen LogP contribution in [0, 0.1) is 0 Å². The molecule has 0 saturated carbocycles. The van der Waals surface area contributed by atoms with Crippen molar-refractivity contribution in [2.24, 2.45) is 9.98 Å². The van der Waals surface area contributed by atoms with Crippen molar-refractivity contribution in [1.29, 1.82) is 0 Å². The van der Waals surface area contributed by atoms with Crippen LogP contribution in [-0.4, -0.2) is 65.7 Å². The molecule has 1 aliphatic rings. The lowest BCUT2D eigenvalue weighted by Gasteiger charge is -2.34. The number of aliphatic imine (C=N–C) groups is 2. The van der Waals surface area contributed by atoms with Crippen LogP contribution in [0.15, 0.2) is 76.7 Å². The Balaban J connectivity index is 1.58. The van der Waals surface area contributed by atoms with Crippen molar-refractivity contribution >= 4 is 50.5 Å². The molecule has 4 aromatic rings. The second-order valence-electron chi connectivity index (χ2n) is 11.2. The van der Waals surface area contributed by atoms with Gasteiger partial charge in [-0.05, 0) is 95.5 Å². The summed E-state index contributed by atoms with van der Waals surface area (Å²) < 4.78 is 0. The summed E-state index contributed by atoms with van der Waals surface area (Å²) in [6.07, 6.45) is 2.25. The van der Waals surface area contributed by atoms with E-state index in [1.807, 2.05) is 0 Å². The van der Waals surface area contributed by atoms with Gasteiger partial charge in [0, 0.05) is 50.0 Å². The Kier molecular flexibility index (Phi) is 9.41. The third-order valence-corrected chi connectivity index (χ3v) is 8.83. The fourth-order valence-corrected chi connectivity index (χ4v) is 6.37. The quantitative estimate of drug-likeness (QED) is 0.123. The highest BCUT2D eigenvalue weighted by atomic mass is 15.2. The summed E-state index contributed by atoms with van der Waals surface area (Å²) in [5, 5.41) is 3.55. The Labute approximate surface area is 251 Å². The van der Waals surface area contributed by atoms with Crippen LogP contribution in [0.3, 0.4) is 0 Å². The van der Waals surface area contributed by atoms with E-state index in [9.17, 15) is 0 Å². The van der Waals surface area contributed by atoms with Crippen LogP contribution < -0.4 is 4.90 Å². The first-order valence-electron chi connectivity index (χ1n) is 15.7. The summed E-state index contributed by atoms with van der Waals surface area (Å²) >= 11 is 0. The van der Waals surface area contributed by atoms with Crippen molar-refractivity contribution in [3.63, 3.8) is 0 Å². The lowest BCUT2D eigenvalue weighted by atomic mass is 9.89. The first kappa shape index (κ1) is 29.6. The Morgan fingerprint density at radius 2 is 1.26 bits per heavy atom. The predicted molar refractivity (Wildman–Crippen MR) is 181 cm³/mol. The number of rotatable bonds is 8. The van der Waals surface area contributed by atoms with Gasteiger partial charge in [0.1, 0.15) is 17.5 Å². The molecule has 0 atom stereocenters. The van der Waals surface area contributed by atoms with Crippen LogP contribution in [-0.2, 0) is 0 Å². The number of nitrogens with zero attached hydrogens (tertiary/aromatic N) is 6. The molecule has 0 bridgehead atoms. The number of anilines is 1. The number of benzene rings is 3. The van der Waals surface area contributed by atoms with Crippen LogP contribution in [0.25, 0.3) is 21.7 Å². The molecule has 6 heteroatoms. The largest absolute Gasteiger partial charge is 0.361 e. The zero-order valence-corrected chi connectivity index (χ0v) is 26.3. The van der Waals surface area contributed by atoms with E-state index >= 15 is 0 Å². The van der Waals surface area contributed by atoms with E-state index in [1.54, 1.807) is 0 Å². The molecule has 2 heterocycles. The zero-order valence-electron chi connectivity index (χ0n) is 26.3. The summed E-state index contributed by atoms with van der Waals surface area (Å²) in [6, 6.07) is 24.1. The third kappa shape index (κ3) is 6.28. The fourth-order valence-electron chi connectivity index (χ4n) is 6.37. The maximum atomic E-state index is 5.35. The van der Waals surface area contributed by atoms with Gasteiger partial charge in [0.25, 0.3) is 0 Å². The average Bonchev–Trinajstić information content (AvgIpc) is 3.02. The van der Waals surface area contributed by atoms with Crippen LogP contribution in [0.1, 0.15) is 65.9 Å². The maximum absolute atomic E-state index is 5.35. The SMILES string of the molecule is CCN(CC)/C(C)=N/c1ccc2c(c1)nc(N1CCC(c3ccccc3)CC1)c1cc(/N=C(\C)N(CC)CC)ccc12. The van der Waals surface area contributed by atoms with Gasteiger partial charge in [0.05, 0.1) is 16.9 Å². The van der Waals surface area contributed by atoms with Crippen LogP contribution >= 0.6 is 0 Å². The van der Waals surface area contributed by atoms with E-state index in [1.165, 1.54) is 16.3 Å². The van der Waals surface area contributed by atoms with Crippen molar-refractivity contribution in [3.8, 4) is 0 Å². The van der Waals surface area contributed by atoms with Gasteiger partial charge in [-0.1, -0.05) is 42.5 Å². The van der Waals surface area contributed by atoms with Crippen molar-refractivity contribution in [2.45, 2.75) is 60.3 Å². The third-order valence-electron chi connectivity index (χ3n) is 8.83. The van der Waals surface area contributed by atoms with E-state index in [0.717, 1.165) is 91.9 Å². The number of fused-ring (bicyclic) bond motifs is 3. The summed E-state index contributed by atoms with van der Waals surface area (Å²) in [5.74, 6) is 3.73. The van der Waals surface area contributed by atoms with Gasteiger partial charge in [-0.25, -0.2) is 15.0 Å². The molecule has 0 amide bonds. The molecule has 0 aliphatic carbocycles. The number of hydrogen-bond donors (Lipinski definition) is 0. The Bertz CT molecular complexity index is 1560. The number of aromatic nitrogens is 1. The molecule has 5 rings (SSSR count). The fraction of sp³-hybridized carbons (Fsp3) is 0.417. The molecule has 0 N–H and O–H groups in total. The van der Waals surface area contributed by atoms with Crippen molar-refractivity contribution in [1.82, 2.24) is 14.8 Å². The lowest BCUT2D eigenvalue weighted by Crippen LogP contribution is -2.33. The minimum atomic E-state index is 0.593. The summed E-state index contributed by atoms with van der Waals surface area (Å²) in [7, 11) is 0. The summed E-state index contributed by atoms with van der Waals surface area (Å²) in [4.78, 5) is 22.4. The summed E-state index contributed by atoms with van der Waals surface area (Å²) in [5.41, 5.74) is 4.36. The molecular formula is C36H46N6. The number of amidine groups is 2. The molecule has 3 aromatic carbocycles. The topological polar surface area (TPSA) is 47.3 Å². The molecule has 0 spiro atoms. The van der Waals surface area contributed by atoms with Crippen molar-refractivity contribution < 1.29 is 0 Å². The number of piperidine rings is 1. The van der Waals surface area contributed by atoms with Crippen LogP contribution in [0.2, 0.25) is 0 Å². The van der Waals surface area contributed by atoms with Crippen LogP contribution in [0.5, 0.6) is 0 Å². The first-order chi connectivity index (χ1) is 20.4. The number of hydrogen-bond acceptors (Lipinski definition) is 4. The molecule has 220 valence electrons. The molecule has 1 aliphatic heterocycles. The van der Waals surface area contributed by atoms with Gasteiger partial charge >= 0.3 is 0 Å². The highest BCUT2D eigenvalue weighted by Gasteiger charge is 2.24. The first-order valence-corrected chi connectivity index (χ1v) is 15.7. The second-order valence-corrected chi connectivity index (χ2v) is 11.2. The molecule has 6 nitrogen and oxygen atoms in total. The lowest BCUT2D eigenvalue weighted by molar-refractivity contribution is 0.463. The monoisotopic (exact) mass is 562 g/mol. The van der Waals surface area contributed by atoms with Gasteiger partial charge in [-0.3, -0.25) is 0 Å². The van der Waals surface area contributed by atoms with E-state index in [4.69, 9.17) is 15.0 Å². The number of pyridine rings is 1. The predicted octanol–water partition coefficient (Wildman–Crippen LogP) is 8.56. The van der Waals surface area contributed by atoms with Crippen molar-refractivity contribution in [2.75, 3.05) is 44.2 Å². The smallest absolute Gasteiger partial charge is 0.137 e. The van der Waals surface area contributed by atoms with E-state index in [-0.39, 0.29) is 0 Å². The minimum absolute atomic E-state index is 0.593. The van der Waals surface area contributed by atoms with Crippen molar-refractivity contribution in [3.05, 3.63) is 72.3 Å². The molecule has 1 aromatic heterocycles. The Morgan fingerprint density at radius 1 is 0.714 bits per heavy atom.